The van der Waals surface area contributed by atoms with E-state index in [-0.39, 0.29) is 12.5 Å². The lowest BCUT2D eigenvalue weighted by atomic mass is 10.1. The van der Waals surface area contributed by atoms with Crippen molar-refractivity contribution in [2.75, 3.05) is 6.54 Å². The molecule has 0 radical (unpaired) electrons. The topological polar surface area (TPSA) is 53.4 Å². The maximum absolute atomic E-state index is 12.8. The molecule has 0 saturated carbocycles. The molecular weight excluding hydrogens is 320 g/mol. The number of thiophene rings is 1. The summed E-state index contributed by atoms with van der Waals surface area (Å²) in [6.07, 6.45) is 2.50. The zero-order valence-corrected chi connectivity index (χ0v) is 13.9. The minimum atomic E-state index is -0.703. The molecule has 5 heteroatoms. The number of rotatable bonds is 6. The molecule has 1 amide bonds. The molecule has 1 aromatic carbocycles. The van der Waals surface area contributed by atoms with Crippen LogP contribution in [0.25, 0.3) is 0 Å². The van der Waals surface area contributed by atoms with Crippen LogP contribution in [0.1, 0.15) is 27.6 Å². The maximum Gasteiger partial charge on any atom is 0.254 e. The second-order valence-electron chi connectivity index (χ2n) is 5.48. The first-order valence-corrected chi connectivity index (χ1v) is 8.61. The first-order chi connectivity index (χ1) is 11.7. The molecule has 2 heterocycles. The minimum absolute atomic E-state index is 0.115. The Kier molecular flexibility index (Phi) is 5.36. The highest BCUT2D eigenvalue weighted by molar-refractivity contribution is 7.07. The summed E-state index contributed by atoms with van der Waals surface area (Å²) in [7, 11) is 0. The lowest BCUT2D eigenvalue weighted by Crippen LogP contribution is -2.34. The van der Waals surface area contributed by atoms with Crippen molar-refractivity contribution < 1.29 is 9.90 Å². The number of aliphatic hydroxyl groups excluding tert-OH is 1. The normalized spacial score (nSPS) is 11.9. The van der Waals surface area contributed by atoms with E-state index >= 15 is 0 Å². The zero-order valence-electron chi connectivity index (χ0n) is 13.1. The quantitative estimate of drug-likeness (QED) is 0.748. The van der Waals surface area contributed by atoms with Crippen molar-refractivity contribution in [2.24, 2.45) is 0 Å². The molecule has 3 aromatic rings. The lowest BCUT2D eigenvalue weighted by molar-refractivity contribution is 0.0604. The van der Waals surface area contributed by atoms with Crippen molar-refractivity contribution in [2.45, 2.75) is 12.6 Å². The van der Waals surface area contributed by atoms with Gasteiger partial charge in [0.25, 0.3) is 5.91 Å². The Hall–Kier alpha value is -2.50. The molecule has 24 heavy (non-hydrogen) atoms. The predicted octanol–water partition coefficient (Wildman–Crippen LogP) is 3.52. The number of benzene rings is 1. The average molecular weight is 338 g/mol. The summed E-state index contributed by atoms with van der Waals surface area (Å²) in [4.78, 5) is 18.5. The van der Waals surface area contributed by atoms with Crippen molar-refractivity contribution in [1.29, 1.82) is 0 Å². The van der Waals surface area contributed by atoms with Crippen LogP contribution in [0.5, 0.6) is 0 Å². The van der Waals surface area contributed by atoms with Crippen LogP contribution in [0.15, 0.2) is 71.7 Å². The van der Waals surface area contributed by atoms with Crippen LogP contribution >= 0.6 is 11.3 Å². The lowest BCUT2D eigenvalue weighted by Gasteiger charge is -2.25. The number of pyridine rings is 1. The third-order valence-electron chi connectivity index (χ3n) is 3.75. The molecule has 0 saturated heterocycles. The molecule has 1 atom stereocenters. The highest BCUT2D eigenvalue weighted by Gasteiger charge is 2.20. The number of carbonyl (C=O) groups excluding carboxylic acids is 1. The van der Waals surface area contributed by atoms with Crippen LogP contribution in [0.2, 0.25) is 0 Å². The molecule has 2 aromatic heterocycles. The molecule has 0 fully saturated rings. The van der Waals surface area contributed by atoms with Gasteiger partial charge in [-0.25, -0.2) is 0 Å². The largest absolute Gasteiger partial charge is 0.387 e. The summed E-state index contributed by atoms with van der Waals surface area (Å²) >= 11 is 1.53. The van der Waals surface area contributed by atoms with Gasteiger partial charge >= 0.3 is 0 Å². The van der Waals surface area contributed by atoms with Gasteiger partial charge in [0.05, 0.1) is 12.6 Å². The molecule has 0 bridgehead atoms. The first kappa shape index (κ1) is 16.4. The van der Waals surface area contributed by atoms with E-state index in [0.29, 0.717) is 12.1 Å². The fraction of sp³-hybridized carbons (Fsp3) is 0.158. The molecule has 3 rings (SSSR count). The number of amides is 1. The van der Waals surface area contributed by atoms with Crippen LogP contribution < -0.4 is 0 Å². The fourth-order valence-electron chi connectivity index (χ4n) is 2.48. The molecule has 1 N–H and O–H groups in total. The SMILES string of the molecule is O=C(c1ccncc1)N(Cc1ccccc1)CC(O)c1ccsc1. The Labute approximate surface area is 145 Å². The van der Waals surface area contributed by atoms with Gasteiger partial charge in [-0.2, -0.15) is 11.3 Å². The Morgan fingerprint density at radius 3 is 2.54 bits per heavy atom. The number of carbonyl (C=O) groups is 1. The Morgan fingerprint density at radius 1 is 1.12 bits per heavy atom. The van der Waals surface area contributed by atoms with Gasteiger partial charge in [0.1, 0.15) is 0 Å². The van der Waals surface area contributed by atoms with E-state index in [0.717, 1.165) is 11.1 Å². The predicted molar refractivity (Wildman–Crippen MR) is 94.7 cm³/mol. The minimum Gasteiger partial charge on any atom is -0.387 e. The standard InChI is InChI=1S/C19H18N2O2S/c22-18(17-8-11-24-14-17)13-21(12-15-4-2-1-3-5-15)19(23)16-6-9-20-10-7-16/h1-11,14,18,22H,12-13H2. The van der Waals surface area contributed by atoms with E-state index in [1.54, 1.807) is 29.4 Å². The third kappa shape index (κ3) is 4.07. The number of hydrogen-bond donors (Lipinski definition) is 1. The van der Waals surface area contributed by atoms with Crippen molar-refractivity contribution in [3.63, 3.8) is 0 Å². The number of aromatic nitrogens is 1. The summed E-state index contributed by atoms with van der Waals surface area (Å²) in [6, 6.07) is 15.0. The van der Waals surface area contributed by atoms with Gasteiger partial charge in [0.15, 0.2) is 0 Å². The molecule has 0 aliphatic rings. The van der Waals surface area contributed by atoms with Gasteiger partial charge in [-0.3, -0.25) is 9.78 Å². The molecule has 4 nitrogen and oxygen atoms in total. The number of aliphatic hydroxyl groups is 1. The summed E-state index contributed by atoms with van der Waals surface area (Å²) in [6.45, 7) is 0.690. The van der Waals surface area contributed by atoms with Crippen molar-refractivity contribution >= 4 is 17.2 Å². The monoisotopic (exact) mass is 338 g/mol. The van der Waals surface area contributed by atoms with Gasteiger partial charge in [-0.1, -0.05) is 30.3 Å². The molecule has 0 aliphatic carbocycles. The second kappa shape index (κ2) is 7.86. The van der Waals surface area contributed by atoms with E-state index in [1.165, 1.54) is 11.3 Å². The smallest absolute Gasteiger partial charge is 0.254 e. The van der Waals surface area contributed by atoms with Crippen LogP contribution in [0, 0.1) is 0 Å². The van der Waals surface area contributed by atoms with Gasteiger partial charge in [0.2, 0.25) is 0 Å². The first-order valence-electron chi connectivity index (χ1n) is 7.67. The summed E-state index contributed by atoms with van der Waals surface area (Å²) in [5, 5.41) is 14.3. The summed E-state index contributed by atoms with van der Waals surface area (Å²) < 4.78 is 0. The summed E-state index contributed by atoms with van der Waals surface area (Å²) in [5.41, 5.74) is 2.43. The Morgan fingerprint density at radius 2 is 1.88 bits per heavy atom. The van der Waals surface area contributed by atoms with Crippen LogP contribution in [-0.4, -0.2) is 27.4 Å². The van der Waals surface area contributed by atoms with Crippen molar-refractivity contribution in [1.82, 2.24) is 9.88 Å². The number of hydrogen-bond acceptors (Lipinski definition) is 4. The number of nitrogens with zero attached hydrogens (tertiary/aromatic N) is 2. The van der Waals surface area contributed by atoms with Crippen molar-refractivity contribution in [3.8, 4) is 0 Å². The molecule has 1 unspecified atom stereocenters. The fourth-order valence-corrected chi connectivity index (χ4v) is 3.19. The van der Waals surface area contributed by atoms with E-state index in [9.17, 15) is 9.90 Å². The molecular formula is C19H18N2O2S. The van der Waals surface area contributed by atoms with Crippen LogP contribution in [-0.2, 0) is 6.54 Å². The van der Waals surface area contributed by atoms with E-state index in [1.807, 2.05) is 47.2 Å². The molecule has 122 valence electrons. The van der Waals surface area contributed by atoms with E-state index in [4.69, 9.17) is 0 Å². The van der Waals surface area contributed by atoms with E-state index < -0.39 is 6.10 Å². The van der Waals surface area contributed by atoms with E-state index in [2.05, 4.69) is 4.98 Å². The van der Waals surface area contributed by atoms with Crippen LogP contribution in [0.3, 0.4) is 0 Å². The molecule has 0 spiro atoms. The van der Waals surface area contributed by atoms with Crippen molar-refractivity contribution in [3.05, 3.63) is 88.4 Å². The Balaban J connectivity index is 1.81. The Bertz CT molecular complexity index is 761. The maximum atomic E-state index is 12.8. The highest BCUT2D eigenvalue weighted by atomic mass is 32.1. The third-order valence-corrected chi connectivity index (χ3v) is 4.45. The molecule has 0 aliphatic heterocycles. The second-order valence-corrected chi connectivity index (χ2v) is 6.26. The zero-order chi connectivity index (χ0) is 16.8. The van der Waals surface area contributed by atoms with Crippen LogP contribution in [0.4, 0.5) is 0 Å². The van der Waals surface area contributed by atoms with Gasteiger partial charge in [-0.05, 0) is 40.1 Å². The van der Waals surface area contributed by atoms with Gasteiger partial charge < -0.3 is 10.0 Å². The highest BCUT2D eigenvalue weighted by Crippen LogP contribution is 2.20. The summed E-state index contributed by atoms with van der Waals surface area (Å²) in [5.74, 6) is -0.115. The van der Waals surface area contributed by atoms with Gasteiger partial charge in [-0.15, -0.1) is 0 Å². The average Bonchev–Trinajstić information content (AvgIpc) is 3.17. The van der Waals surface area contributed by atoms with Gasteiger partial charge in [0, 0.05) is 24.5 Å².